The molecule has 2 rings (SSSR count). The van der Waals surface area contributed by atoms with Crippen LogP contribution in [0.1, 0.15) is 34.3 Å². The van der Waals surface area contributed by atoms with Crippen LogP contribution in [0.4, 0.5) is 0 Å². The number of hydrogen-bond acceptors (Lipinski definition) is 4. The molecule has 0 spiro atoms. The highest BCUT2D eigenvalue weighted by molar-refractivity contribution is 7.90. The lowest BCUT2D eigenvalue weighted by atomic mass is 9.80. The second-order valence-corrected chi connectivity index (χ2v) is 7.88. The van der Waals surface area contributed by atoms with Gasteiger partial charge in [0.1, 0.15) is 0 Å². The molecular weight excluding hydrogens is 306 g/mol. The topological polar surface area (TPSA) is 101 Å². The Hall–Kier alpha value is -1.89. The van der Waals surface area contributed by atoms with Crippen molar-refractivity contribution in [1.29, 1.82) is 0 Å². The second kappa shape index (κ2) is 5.72. The Balaban J connectivity index is 2.20. The molecule has 6 nitrogen and oxygen atoms in total. The maximum atomic E-state index is 12.3. The molecule has 0 aromatic heterocycles. The van der Waals surface area contributed by atoms with Crippen LogP contribution in [0.15, 0.2) is 17.0 Å². The Bertz CT molecular complexity index is 733. The Morgan fingerprint density at radius 1 is 1.23 bits per heavy atom. The van der Waals surface area contributed by atoms with Crippen molar-refractivity contribution in [3.8, 4) is 0 Å². The third kappa shape index (κ3) is 3.30. The number of rotatable bonds is 4. The number of benzene rings is 1. The van der Waals surface area contributed by atoms with Crippen LogP contribution in [-0.4, -0.2) is 37.7 Å². The van der Waals surface area contributed by atoms with Crippen molar-refractivity contribution in [3.05, 3.63) is 28.8 Å². The third-order valence-electron chi connectivity index (χ3n) is 4.14. The number of sulfone groups is 1. The molecule has 1 aliphatic carbocycles. The van der Waals surface area contributed by atoms with Crippen LogP contribution in [-0.2, 0) is 14.6 Å². The molecule has 22 heavy (non-hydrogen) atoms. The van der Waals surface area contributed by atoms with E-state index in [1.54, 1.807) is 19.9 Å². The van der Waals surface area contributed by atoms with Crippen molar-refractivity contribution in [2.75, 3.05) is 6.26 Å². The average Bonchev–Trinajstić information content (AvgIpc) is 2.34. The fraction of sp³-hybridized carbons (Fsp3) is 0.467. The van der Waals surface area contributed by atoms with Crippen molar-refractivity contribution >= 4 is 21.7 Å². The first kappa shape index (κ1) is 16.5. The van der Waals surface area contributed by atoms with Crippen LogP contribution in [0.5, 0.6) is 0 Å². The zero-order valence-electron chi connectivity index (χ0n) is 12.7. The highest BCUT2D eigenvalue weighted by Crippen LogP contribution is 2.28. The first-order chi connectivity index (χ1) is 10.1. The van der Waals surface area contributed by atoms with Gasteiger partial charge in [0.15, 0.2) is 9.84 Å². The van der Waals surface area contributed by atoms with Gasteiger partial charge in [-0.05, 0) is 49.9 Å². The molecule has 0 unspecified atom stereocenters. The van der Waals surface area contributed by atoms with Crippen molar-refractivity contribution in [1.82, 2.24) is 5.32 Å². The Labute approximate surface area is 129 Å². The SMILES string of the molecule is Cc1cc(S(C)(=O)=O)cc(C(=O)NC2CC(C(=O)O)C2)c1C. The monoisotopic (exact) mass is 325 g/mol. The fourth-order valence-electron chi connectivity index (χ4n) is 2.48. The Morgan fingerprint density at radius 3 is 2.32 bits per heavy atom. The summed E-state index contributed by atoms with van der Waals surface area (Å²) >= 11 is 0. The molecule has 0 radical (unpaired) electrons. The molecule has 2 N–H and O–H groups in total. The lowest BCUT2D eigenvalue weighted by molar-refractivity contribution is -0.145. The minimum absolute atomic E-state index is 0.109. The van der Waals surface area contributed by atoms with Crippen LogP contribution in [0.25, 0.3) is 0 Å². The molecule has 0 heterocycles. The summed E-state index contributed by atoms with van der Waals surface area (Å²) < 4.78 is 23.4. The molecule has 1 saturated carbocycles. The molecule has 1 aromatic carbocycles. The number of nitrogens with one attached hydrogen (secondary N) is 1. The molecule has 1 aliphatic rings. The van der Waals surface area contributed by atoms with Gasteiger partial charge in [-0.3, -0.25) is 9.59 Å². The summed E-state index contributed by atoms with van der Waals surface area (Å²) in [5, 5.41) is 11.6. The summed E-state index contributed by atoms with van der Waals surface area (Å²) in [7, 11) is -3.40. The standard InChI is InChI=1S/C15H19NO5S/c1-8-4-12(22(3,20)21)7-13(9(8)2)14(17)16-11-5-10(6-11)15(18)19/h4,7,10-11H,5-6H2,1-3H3,(H,16,17)(H,18,19). The molecule has 0 bridgehead atoms. The molecule has 7 heteroatoms. The predicted molar refractivity (Wildman–Crippen MR) is 80.6 cm³/mol. The van der Waals surface area contributed by atoms with E-state index in [4.69, 9.17) is 5.11 Å². The summed E-state index contributed by atoms with van der Waals surface area (Å²) in [6, 6.07) is 2.75. The summed E-state index contributed by atoms with van der Waals surface area (Å²) in [6.45, 7) is 3.52. The average molecular weight is 325 g/mol. The molecule has 1 amide bonds. The number of amides is 1. The summed E-state index contributed by atoms with van der Waals surface area (Å²) in [5.41, 5.74) is 1.77. The molecule has 120 valence electrons. The molecular formula is C15H19NO5S. The third-order valence-corrected chi connectivity index (χ3v) is 5.23. The number of carboxylic acid groups (broad SMARTS) is 1. The molecule has 0 atom stereocenters. The van der Waals surface area contributed by atoms with Crippen LogP contribution < -0.4 is 5.32 Å². The van der Waals surface area contributed by atoms with Crippen LogP contribution in [0, 0.1) is 19.8 Å². The van der Waals surface area contributed by atoms with E-state index in [0.717, 1.165) is 17.4 Å². The predicted octanol–water partition coefficient (Wildman–Crippen LogP) is 1.30. The minimum atomic E-state index is -3.40. The van der Waals surface area contributed by atoms with Crippen LogP contribution >= 0.6 is 0 Å². The van der Waals surface area contributed by atoms with Gasteiger partial charge >= 0.3 is 5.97 Å². The van der Waals surface area contributed by atoms with E-state index in [1.165, 1.54) is 6.07 Å². The van der Waals surface area contributed by atoms with Gasteiger partial charge in [-0.2, -0.15) is 0 Å². The Kier molecular flexibility index (Phi) is 4.28. The highest BCUT2D eigenvalue weighted by Gasteiger charge is 2.35. The van der Waals surface area contributed by atoms with Gasteiger partial charge in [-0.25, -0.2) is 8.42 Å². The number of hydrogen-bond donors (Lipinski definition) is 2. The van der Waals surface area contributed by atoms with E-state index < -0.39 is 21.7 Å². The minimum Gasteiger partial charge on any atom is -0.481 e. The van der Waals surface area contributed by atoms with E-state index in [1.807, 2.05) is 0 Å². The number of aliphatic carboxylic acids is 1. The zero-order valence-corrected chi connectivity index (χ0v) is 13.5. The van der Waals surface area contributed by atoms with E-state index >= 15 is 0 Å². The van der Waals surface area contributed by atoms with Gasteiger partial charge in [0.25, 0.3) is 5.91 Å². The fourth-order valence-corrected chi connectivity index (χ4v) is 3.20. The van der Waals surface area contributed by atoms with Crippen molar-refractivity contribution < 1.29 is 23.1 Å². The lowest BCUT2D eigenvalue weighted by Crippen LogP contribution is -2.46. The maximum absolute atomic E-state index is 12.3. The van der Waals surface area contributed by atoms with Crippen molar-refractivity contribution in [2.45, 2.75) is 37.6 Å². The normalized spacial score (nSPS) is 21.0. The molecule has 1 aromatic rings. The number of aryl methyl sites for hydroxylation is 1. The van der Waals surface area contributed by atoms with Crippen molar-refractivity contribution in [2.24, 2.45) is 5.92 Å². The van der Waals surface area contributed by atoms with E-state index in [9.17, 15) is 18.0 Å². The number of carbonyl (C=O) groups is 2. The first-order valence-corrected chi connectivity index (χ1v) is 8.83. The smallest absolute Gasteiger partial charge is 0.306 e. The van der Waals surface area contributed by atoms with Gasteiger partial charge in [-0.1, -0.05) is 0 Å². The highest BCUT2D eigenvalue weighted by atomic mass is 32.2. The van der Waals surface area contributed by atoms with Gasteiger partial charge in [0.2, 0.25) is 0 Å². The van der Waals surface area contributed by atoms with Crippen LogP contribution in [0.2, 0.25) is 0 Å². The molecule has 0 aliphatic heterocycles. The Morgan fingerprint density at radius 2 is 1.82 bits per heavy atom. The van der Waals surface area contributed by atoms with E-state index in [0.29, 0.717) is 18.4 Å². The van der Waals surface area contributed by atoms with Gasteiger partial charge in [-0.15, -0.1) is 0 Å². The lowest BCUT2D eigenvalue weighted by Gasteiger charge is -2.33. The largest absolute Gasteiger partial charge is 0.481 e. The summed E-state index contributed by atoms with van der Waals surface area (Å²) in [5.74, 6) is -1.62. The molecule has 1 fully saturated rings. The maximum Gasteiger partial charge on any atom is 0.306 e. The van der Waals surface area contributed by atoms with Gasteiger partial charge < -0.3 is 10.4 Å². The van der Waals surface area contributed by atoms with Crippen LogP contribution in [0.3, 0.4) is 0 Å². The van der Waals surface area contributed by atoms with E-state index in [2.05, 4.69) is 5.32 Å². The zero-order chi connectivity index (χ0) is 16.7. The second-order valence-electron chi connectivity index (χ2n) is 5.86. The number of carboxylic acids is 1. The summed E-state index contributed by atoms with van der Waals surface area (Å²) in [4.78, 5) is 23.2. The van der Waals surface area contributed by atoms with Crippen molar-refractivity contribution in [3.63, 3.8) is 0 Å². The molecule has 0 saturated heterocycles. The van der Waals surface area contributed by atoms with E-state index in [-0.39, 0.29) is 16.8 Å². The van der Waals surface area contributed by atoms with Gasteiger partial charge in [0, 0.05) is 17.9 Å². The number of carbonyl (C=O) groups excluding carboxylic acids is 1. The quantitative estimate of drug-likeness (QED) is 0.869. The summed E-state index contributed by atoms with van der Waals surface area (Å²) in [6.07, 6.45) is 1.91. The first-order valence-electron chi connectivity index (χ1n) is 6.94. The van der Waals surface area contributed by atoms with Gasteiger partial charge in [0.05, 0.1) is 10.8 Å².